The first-order valence-electron chi connectivity index (χ1n) is 5.55. The van der Waals surface area contributed by atoms with E-state index in [1.54, 1.807) is 7.11 Å². The molecule has 2 N–H and O–H groups in total. The van der Waals surface area contributed by atoms with Crippen LogP contribution in [-0.4, -0.2) is 20.1 Å². The van der Waals surface area contributed by atoms with Crippen molar-refractivity contribution in [3.63, 3.8) is 0 Å². The first kappa shape index (κ1) is 12.4. The highest BCUT2D eigenvalue weighted by atomic mass is 16.5. The zero-order valence-electron chi connectivity index (χ0n) is 10.3. The number of rotatable bonds is 4. The fourth-order valence-corrected chi connectivity index (χ4v) is 1.95. The summed E-state index contributed by atoms with van der Waals surface area (Å²) in [6.07, 6.45) is -0.712. The number of hydrogen-bond donors (Lipinski definition) is 1. The summed E-state index contributed by atoms with van der Waals surface area (Å²) >= 11 is 0. The second kappa shape index (κ2) is 5.06. The van der Waals surface area contributed by atoms with Crippen LogP contribution in [0.3, 0.4) is 0 Å². The Balaban J connectivity index is 2.47. The van der Waals surface area contributed by atoms with Gasteiger partial charge in [0, 0.05) is 7.11 Å². The van der Waals surface area contributed by atoms with E-state index in [4.69, 9.17) is 15.2 Å². The SMILES string of the molecule is COc1ccc2cc(C(OC)C(N)=O)ccc2c1. The number of carbonyl (C=O) groups is 1. The summed E-state index contributed by atoms with van der Waals surface area (Å²) in [5.74, 6) is 0.304. The number of ether oxygens (including phenoxy) is 2. The topological polar surface area (TPSA) is 61.6 Å². The lowest BCUT2D eigenvalue weighted by Crippen LogP contribution is -2.22. The van der Waals surface area contributed by atoms with Gasteiger partial charge in [0.1, 0.15) is 5.75 Å². The molecule has 94 valence electrons. The van der Waals surface area contributed by atoms with Crippen LogP contribution in [0.1, 0.15) is 11.7 Å². The van der Waals surface area contributed by atoms with Gasteiger partial charge in [0.25, 0.3) is 5.91 Å². The van der Waals surface area contributed by atoms with Crippen molar-refractivity contribution in [1.82, 2.24) is 0 Å². The average molecular weight is 245 g/mol. The molecule has 4 nitrogen and oxygen atoms in total. The third-order valence-electron chi connectivity index (χ3n) is 2.87. The summed E-state index contributed by atoms with van der Waals surface area (Å²) in [4.78, 5) is 11.2. The average Bonchev–Trinajstić information content (AvgIpc) is 2.38. The molecule has 2 rings (SSSR count). The summed E-state index contributed by atoms with van der Waals surface area (Å²) in [6, 6.07) is 11.4. The van der Waals surface area contributed by atoms with Crippen molar-refractivity contribution in [3.8, 4) is 5.75 Å². The fourth-order valence-electron chi connectivity index (χ4n) is 1.95. The van der Waals surface area contributed by atoms with Crippen LogP contribution in [0.25, 0.3) is 10.8 Å². The fraction of sp³-hybridized carbons (Fsp3) is 0.214. The quantitative estimate of drug-likeness (QED) is 0.896. The molecule has 0 spiro atoms. The number of primary amides is 1. The summed E-state index contributed by atoms with van der Waals surface area (Å²) in [5.41, 5.74) is 6.04. The molecule has 0 aliphatic rings. The van der Waals surface area contributed by atoms with Crippen molar-refractivity contribution >= 4 is 16.7 Å². The van der Waals surface area contributed by atoms with Crippen molar-refractivity contribution in [1.29, 1.82) is 0 Å². The molecule has 2 aromatic rings. The maximum absolute atomic E-state index is 11.2. The normalized spacial score (nSPS) is 12.3. The number of carbonyl (C=O) groups excluding carboxylic acids is 1. The first-order valence-corrected chi connectivity index (χ1v) is 5.55. The van der Waals surface area contributed by atoms with Crippen LogP contribution in [0.2, 0.25) is 0 Å². The maximum Gasteiger partial charge on any atom is 0.251 e. The maximum atomic E-state index is 11.2. The Kier molecular flexibility index (Phi) is 3.48. The molecule has 0 fully saturated rings. The molecule has 1 amide bonds. The van der Waals surface area contributed by atoms with E-state index >= 15 is 0 Å². The molecule has 2 aromatic carbocycles. The second-order valence-corrected chi connectivity index (χ2v) is 3.99. The van der Waals surface area contributed by atoms with Crippen LogP contribution >= 0.6 is 0 Å². The Labute approximate surface area is 105 Å². The van der Waals surface area contributed by atoms with Gasteiger partial charge in [-0.05, 0) is 34.5 Å². The Bertz CT molecular complexity index is 580. The van der Waals surface area contributed by atoms with Gasteiger partial charge in [-0.25, -0.2) is 0 Å². The van der Waals surface area contributed by atoms with Gasteiger partial charge < -0.3 is 15.2 Å². The standard InChI is InChI=1S/C14H15NO3/c1-17-12-6-5-9-7-11(4-3-10(9)8-12)13(18-2)14(15)16/h3-8,13H,1-2H3,(H2,15,16). The molecule has 18 heavy (non-hydrogen) atoms. The minimum atomic E-state index is -0.712. The van der Waals surface area contributed by atoms with Gasteiger partial charge in [-0.15, -0.1) is 0 Å². The van der Waals surface area contributed by atoms with E-state index in [9.17, 15) is 4.79 Å². The van der Waals surface area contributed by atoms with E-state index in [0.717, 1.165) is 22.1 Å². The Morgan fingerprint density at radius 3 is 2.39 bits per heavy atom. The van der Waals surface area contributed by atoms with Crippen LogP contribution < -0.4 is 10.5 Å². The molecule has 1 atom stereocenters. The van der Waals surface area contributed by atoms with E-state index in [1.807, 2.05) is 36.4 Å². The lowest BCUT2D eigenvalue weighted by Gasteiger charge is -2.12. The van der Waals surface area contributed by atoms with Gasteiger partial charge in [-0.1, -0.05) is 18.2 Å². The molecule has 0 saturated heterocycles. The first-order chi connectivity index (χ1) is 8.65. The molecule has 0 aliphatic carbocycles. The summed E-state index contributed by atoms with van der Waals surface area (Å²) in [6.45, 7) is 0. The minimum absolute atomic E-state index is 0.495. The lowest BCUT2D eigenvalue weighted by molar-refractivity contribution is -0.128. The number of amides is 1. The number of benzene rings is 2. The van der Waals surface area contributed by atoms with Crippen LogP contribution in [0.15, 0.2) is 36.4 Å². The molecule has 1 unspecified atom stereocenters. The van der Waals surface area contributed by atoms with Crippen molar-refractivity contribution in [2.45, 2.75) is 6.10 Å². The van der Waals surface area contributed by atoms with Crippen LogP contribution in [0.5, 0.6) is 5.75 Å². The monoisotopic (exact) mass is 245 g/mol. The molecule has 0 aromatic heterocycles. The van der Waals surface area contributed by atoms with E-state index < -0.39 is 12.0 Å². The van der Waals surface area contributed by atoms with Crippen LogP contribution in [0, 0.1) is 0 Å². The smallest absolute Gasteiger partial charge is 0.251 e. The van der Waals surface area contributed by atoms with Crippen LogP contribution in [-0.2, 0) is 9.53 Å². The Morgan fingerprint density at radius 1 is 1.11 bits per heavy atom. The highest BCUT2D eigenvalue weighted by Gasteiger charge is 2.16. The van der Waals surface area contributed by atoms with Crippen molar-refractivity contribution in [2.24, 2.45) is 5.73 Å². The van der Waals surface area contributed by atoms with Gasteiger partial charge in [0.2, 0.25) is 0 Å². The highest BCUT2D eigenvalue weighted by molar-refractivity contribution is 5.87. The third-order valence-corrected chi connectivity index (χ3v) is 2.87. The van der Waals surface area contributed by atoms with Crippen molar-refractivity contribution < 1.29 is 14.3 Å². The summed E-state index contributed by atoms with van der Waals surface area (Å²) < 4.78 is 10.3. The molecule has 0 radical (unpaired) electrons. The predicted molar refractivity (Wildman–Crippen MR) is 69.4 cm³/mol. The third kappa shape index (κ3) is 2.28. The molecule has 0 heterocycles. The number of fused-ring (bicyclic) bond motifs is 1. The van der Waals surface area contributed by atoms with Gasteiger partial charge in [-0.2, -0.15) is 0 Å². The molecular weight excluding hydrogens is 230 g/mol. The van der Waals surface area contributed by atoms with Crippen molar-refractivity contribution in [3.05, 3.63) is 42.0 Å². The molecule has 0 saturated carbocycles. The molecule has 0 aliphatic heterocycles. The van der Waals surface area contributed by atoms with Gasteiger partial charge in [0.15, 0.2) is 6.10 Å². The lowest BCUT2D eigenvalue weighted by atomic mass is 10.0. The molecular formula is C14H15NO3. The van der Waals surface area contributed by atoms with Gasteiger partial charge >= 0.3 is 0 Å². The number of methoxy groups -OCH3 is 2. The van der Waals surface area contributed by atoms with Gasteiger partial charge in [0.05, 0.1) is 7.11 Å². The largest absolute Gasteiger partial charge is 0.497 e. The van der Waals surface area contributed by atoms with Crippen LogP contribution in [0.4, 0.5) is 0 Å². The van der Waals surface area contributed by atoms with E-state index in [-0.39, 0.29) is 0 Å². The Morgan fingerprint density at radius 2 is 1.78 bits per heavy atom. The second-order valence-electron chi connectivity index (χ2n) is 3.99. The van der Waals surface area contributed by atoms with E-state index in [1.165, 1.54) is 7.11 Å². The van der Waals surface area contributed by atoms with Gasteiger partial charge in [-0.3, -0.25) is 4.79 Å². The van der Waals surface area contributed by atoms with E-state index in [2.05, 4.69) is 0 Å². The summed E-state index contributed by atoms with van der Waals surface area (Å²) in [7, 11) is 3.09. The van der Waals surface area contributed by atoms with E-state index in [0.29, 0.717) is 0 Å². The predicted octanol–water partition coefficient (Wildman–Crippen LogP) is 2.02. The zero-order chi connectivity index (χ0) is 13.1. The Hall–Kier alpha value is -2.07. The zero-order valence-corrected chi connectivity index (χ0v) is 10.3. The number of hydrogen-bond acceptors (Lipinski definition) is 3. The highest BCUT2D eigenvalue weighted by Crippen LogP contribution is 2.25. The minimum Gasteiger partial charge on any atom is -0.497 e. The molecule has 0 bridgehead atoms. The summed E-state index contributed by atoms with van der Waals surface area (Å²) in [5, 5.41) is 2.05. The van der Waals surface area contributed by atoms with Crippen molar-refractivity contribution in [2.75, 3.05) is 14.2 Å². The molecule has 4 heteroatoms. The number of nitrogens with two attached hydrogens (primary N) is 1.